The van der Waals surface area contributed by atoms with Crippen LogP contribution >= 0.6 is 0 Å². The zero-order valence-electron chi connectivity index (χ0n) is 17.0. The predicted octanol–water partition coefficient (Wildman–Crippen LogP) is 3.90. The molecule has 0 fully saturated rings. The van der Waals surface area contributed by atoms with Gasteiger partial charge in [0.05, 0.1) is 13.2 Å². The fraction of sp³-hybridized carbons (Fsp3) is 1.00. The summed E-state index contributed by atoms with van der Waals surface area (Å²) in [6, 6.07) is 0. The van der Waals surface area contributed by atoms with Crippen molar-refractivity contribution in [3.63, 3.8) is 0 Å². The van der Waals surface area contributed by atoms with Crippen LogP contribution in [0.3, 0.4) is 0 Å². The van der Waals surface area contributed by atoms with Crippen molar-refractivity contribution in [2.45, 2.75) is 89.9 Å². The molecule has 0 aliphatic heterocycles. The first-order chi connectivity index (χ1) is 12.1. The lowest BCUT2D eigenvalue weighted by Crippen LogP contribution is -2.41. The summed E-state index contributed by atoms with van der Waals surface area (Å²) in [4.78, 5) is 0. The van der Waals surface area contributed by atoms with Crippen molar-refractivity contribution in [3.05, 3.63) is 0 Å². The predicted molar refractivity (Wildman–Crippen MR) is 102 cm³/mol. The van der Waals surface area contributed by atoms with E-state index >= 15 is 0 Å². The van der Waals surface area contributed by atoms with Gasteiger partial charge in [0.15, 0.2) is 5.79 Å². The lowest BCUT2D eigenvalue weighted by Gasteiger charge is -2.38. The number of aliphatic hydroxyl groups is 2. The molecule has 2 N–H and O–H groups in total. The van der Waals surface area contributed by atoms with Gasteiger partial charge in [-0.15, -0.1) is 0 Å². The normalized spacial score (nSPS) is 14.6. The van der Waals surface area contributed by atoms with Crippen molar-refractivity contribution in [1.82, 2.24) is 0 Å². The Kier molecular flexibility index (Phi) is 15.9. The Balaban J connectivity index is 4.33. The number of rotatable bonds is 18. The van der Waals surface area contributed by atoms with Gasteiger partial charge in [0, 0.05) is 26.7 Å². The first kappa shape index (κ1) is 24.8. The molecular weight excluding hydrogens is 320 g/mol. The van der Waals surface area contributed by atoms with E-state index in [4.69, 9.17) is 19.3 Å². The standard InChI is InChI=1S/C20H42O5/c1-5-7-8-9-10-11-13-18(20(6-2,23-3)24-4)14-12-15-25-17-19(22)16-21/h18-19,21-22H,5-17H2,1-4H3. The molecule has 0 aromatic heterocycles. The van der Waals surface area contributed by atoms with Crippen LogP contribution in [0.15, 0.2) is 0 Å². The second-order valence-electron chi connectivity index (χ2n) is 6.88. The molecular formula is C20H42O5. The Morgan fingerprint density at radius 2 is 1.48 bits per heavy atom. The Morgan fingerprint density at radius 1 is 0.880 bits per heavy atom. The van der Waals surface area contributed by atoms with E-state index in [1.54, 1.807) is 14.2 Å². The van der Waals surface area contributed by atoms with Gasteiger partial charge in [0.2, 0.25) is 0 Å². The average molecular weight is 363 g/mol. The molecule has 0 amide bonds. The van der Waals surface area contributed by atoms with E-state index in [9.17, 15) is 5.11 Å². The molecule has 0 aliphatic carbocycles. The SMILES string of the molecule is CCCCCCCCC(CCCOCC(O)CO)C(CC)(OC)OC. The Bertz CT molecular complexity index is 273. The minimum atomic E-state index is -0.786. The number of hydrogen-bond acceptors (Lipinski definition) is 5. The Hall–Kier alpha value is -0.200. The van der Waals surface area contributed by atoms with Crippen molar-refractivity contribution in [1.29, 1.82) is 0 Å². The van der Waals surface area contributed by atoms with E-state index in [2.05, 4.69) is 13.8 Å². The van der Waals surface area contributed by atoms with Crippen molar-refractivity contribution in [3.8, 4) is 0 Å². The highest BCUT2D eigenvalue weighted by atomic mass is 16.7. The summed E-state index contributed by atoms with van der Waals surface area (Å²) < 4.78 is 17.0. The summed E-state index contributed by atoms with van der Waals surface area (Å²) >= 11 is 0. The molecule has 0 heterocycles. The van der Waals surface area contributed by atoms with Crippen LogP contribution in [0.1, 0.15) is 78.1 Å². The van der Waals surface area contributed by atoms with Crippen LogP contribution < -0.4 is 0 Å². The van der Waals surface area contributed by atoms with Gasteiger partial charge >= 0.3 is 0 Å². The number of ether oxygens (including phenoxy) is 3. The van der Waals surface area contributed by atoms with Gasteiger partial charge in [-0.3, -0.25) is 0 Å². The number of methoxy groups -OCH3 is 2. The van der Waals surface area contributed by atoms with Crippen molar-refractivity contribution < 1.29 is 24.4 Å². The molecule has 0 aromatic carbocycles. The van der Waals surface area contributed by atoms with Gasteiger partial charge in [0.1, 0.15) is 6.10 Å². The van der Waals surface area contributed by atoms with Crippen molar-refractivity contribution in [2.24, 2.45) is 5.92 Å². The maximum Gasteiger partial charge on any atom is 0.170 e. The van der Waals surface area contributed by atoms with E-state index in [-0.39, 0.29) is 13.2 Å². The third-order valence-corrected chi connectivity index (χ3v) is 5.07. The monoisotopic (exact) mass is 362 g/mol. The van der Waals surface area contributed by atoms with Crippen LogP contribution in [-0.2, 0) is 14.2 Å². The molecule has 0 aromatic rings. The molecule has 0 spiro atoms. The van der Waals surface area contributed by atoms with Gasteiger partial charge in [-0.25, -0.2) is 0 Å². The summed E-state index contributed by atoms with van der Waals surface area (Å²) in [7, 11) is 3.46. The highest BCUT2D eigenvalue weighted by Crippen LogP contribution is 2.34. The van der Waals surface area contributed by atoms with Gasteiger partial charge in [-0.2, -0.15) is 0 Å². The second kappa shape index (κ2) is 16.0. The van der Waals surface area contributed by atoms with Gasteiger partial charge in [-0.05, 0) is 25.7 Å². The van der Waals surface area contributed by atoms with Crippen LogP contribution in [0.5, 0.6) is 0 Å². The van der Waals surface area contributed by atoms with Crippen molar-refractivity contribution in [2.75, 3.05) is 34.0 Å². The largest absolute Gasteiger partial charge is 0.394 e. The number of unbranched alkanes of at least 4 members (excludes halogenated alkanes) is 5. The maximum atomic E-state index is 9.30. The number of aliphatic hydroxyl groups excluding tert-OH is 2. The lowest BCUT2D eigenvalue weighted by molar-refractivity contribution is -0.244. The van der Waals surface area contributed by atoms with E-state index in [0.29, 0.717) is 12.5 Å². The summed E-state index contributed by atoms with van der Waals surface area (Å²) in [6.07, 6.45) is 10.7. The minimum absolute atomic E-state index is 0.187. The molecule has 0 aliphatic rings. The second-order valence-corrected chi connectivity index (χ2v) is 6.88. The quantitative estimate of drug-likeness (QED) is 0.286. The molecule has 25 heavy (non-hydrogen) atoms. The number of hydrogen-bond donors (Lipinski definition) is 2. The van der Waals surface area contributed by atoms with Gasteiger partial charge in [-0.1, -0.05) is 52.4 Å². The van der Waals surface area contributed by atoms with E-state index in [1.807, 2.05) is 0 Å². The Labute approximate surface area is 155 Å². The zero-order valence-corrected chi connectivity index (χ0v) is 17.0. The molecule has 0 radical (unpaired) electrons. The summed E-state index contributed by atoms with van der Waals surface area (Å²) in [6.45, 7) is 4.86. The van der Waals surface area contributed by atoms with Crippen LogP contribution in [-0.4, -0.2) is 56.1 Å². The lowest BCUT2D eigenvalue weighted by atomic mass is 9.86. The van der Waals surface area contributed by atoms with Crippen LogP contribution in [0.25, 0.3) is 0 Å². The fourth-order valence-electron chi connectivity index (χ4n) is 3.45. The average Bonchev–Trinajstić information content (AvgIpc) is 2.64. The Morgan fingerprint density at radius 3 is 2.04 bits per heavy atom. The topological polar surface area (TPSA) is 68.2 Å². The molecule has 152 valence electrons. The molecule has 0 saturated heterocycles. The zero-order chi connectivity index (χ0) is 19.0. The third-order valence-electron chi connectivity index (χ3n) is 5.07. The van der Waals surface area contributed by atoms with E-state index < -0.39 is 11.9 Å². The van der Waals surface area contributed by atoms with Crippen LogP contribution in [0.2, 0.25) is 0 Å². The first-order valence-corrected chi connectivity index (χ1v) is 10.1. The van der Waals surface area contributed by atoms with Gasteiger partial charge in [0.25, 0.3) is 0 Å². The molecule has 2 unspecified atom stereocenters. The van der Waals surface area contributed by atoms with E-state index in [1.165, 1.54) is 38.5 Å². The molecule has 0 bridgehead atoms. The summed E-state index contributed by atoms with van der Waals surface area (Å²) in [5, 5.41) is 18.1. The molecule has 5 nitrogen and oxygen atoms in total. The summed E-state index contributed by atoms with van der Waals surface area (Å²) in [5.74, 6) is -0.182. The molecule has 0 saturated carbocycles. The first-order valence-electron chi connectivity index (χ1n) is 10.1. The van der Waals surface area contributed by atoms with Crippen LogP contribution in [0, 0.1) is 5.92 Å². The minimum Gasteiger partial charge on any atom is -0.394 e. The fourth-order valence-corrected chi connectivity index (χ4v) is 3.45. The molecule has 0 rings (SSSR count). The highest BCUT2D eigenvalue weighted by molar-refractivity contribution is 4.78. The molecule has 2 atom stereocenters. The van der Waals surface area contributed by atoms with Crippen LogP contribution in [0.4, 0.5) is 0 Å². The van der Waals surface area contributed by atoms with E-state index in [0.717, 1.165) is 25.7 Å². The maximum absolute atomic E-state index is 9.30. The smallest absolute Gasteiger partial charge is 0.170 e. The third kappa shape index (κ3) is 10.5. The van der Waals surface area contributed by atoms with Crippen molar-refractivity contribution >= 4 is 0 Å². The van der Waals surface area contributed by atoms with Gasteiger partial charge < -0.3 is 24.4 Å². The molecule has 5 heteroatoms. The summed E-state index contributed by atoms with van der Waals surface area (Å²) in [5.41, 5.74) is 0. The highest BCUT2D eigenvalue weighted by Gasteiger charge is 2.36.